The van der Waals surface area contributed by atoms with Gasteiger partial charge in [-0.05, 0) is 37.3 Å². The molecule has 156 valence electrons. The van der Waals surface area contributed by atoms with E-state index in [9.17, 15) is 0 Å². The Morgan fingerprint density at radius 1 is 1.16 bits per heavy atom. The Hall–Kier alpha value is -3.28. The molecular weight excluding hydrogens is 388 g/mol. The van der Waals surface area contributed by atoms with E-state index in [1.54, 1.807) is 7.11 Å². The fourth-order valence-corrected chi connectivity index (χ4v) is 5.91. The molecule has 0 spiro atoms. The summed E-state index contributed by atoms with van der Waals surface area (Å²) in [6.07, 6.45) is 6.53. The molecule has 6 rings (SSSR count). The maximum absolute atomic E-state index is 5.80. The number of aromatic nitrogens is 4. The molecule has 6 nitrogen and oxygen atoms in total. The molecule has 0 unspecified atom stereocenters. The second-order valence-corrected chi connectivity index (χ2v) is 9.00. The molecule has 0 amide bonds. The number of para-hydroxylation sites is 1. The third-order valence-corrected chi connectivity index (χ3v) is 7.37. The Morgan fingerprint density at radius 2 is 2.03 bits per heavy atom. The van der Waals surface area contributed by atoms with E-state index in [1.165, 1.54) is 5.56 Å². The highest BCUT2D eigenvalue weighted by Gasteiger charge is 2.50. The number of rotatable bonds is 2. The fourth-order valence-electron chi connectivity index (χ4n) is 5.91. The normalized spacial score (nSPS) is 24.4. The first-order valence-corrected chi connectivity index (χ1v) is 10.8. The molecule has 0 aliphatic heterocycles. The summed E-state index contributed by atoms with van der Waals surface area (Å²) in [5.41, 5.74) is 5.21. The highest BCUT2D eigenvalue weighted by Crippen LogP contribution is 2.54. The van der Waals surface area contributed by atoms with Crippen molar-refractivity contribution in [2.75, 3.05) is 7.11 Å². The van der Waals surface area contributed by atoms with Crippen LogP contribution in [0.4, 0.5) is 0 Å². The molecule has 0 saturated heterocycles. The molecule has 0 fully saturated rings. The van der Waals surface area contributed by atoms with Gasteiger partial charge in [0.1, 0.15) is 5.76 Å². The Morgan fingerprint density at radius 3 is 2.90 bits per heavy atom. The van der Waals surface area contributed by atoms with Gasteiger partial charge in [-0.15, -0.1) is 0 Å². The van der Waals surface area contributed by atoms with Crippen molar-refractivity contribution in [3.8, 4) is 17.3 Å². The van der Waals surface area contributed by atoms with Crippen LogP contribution >= 0.6 is 0 Å². The van der Waals surface area contributed by atoms with Crippen molar-refractivity contribution >= 4 is 10.9 Å². The van der Waals surface area contributed by atoms with E-state index in [0.717, 1.165) is 52.7 Å². The Labute approximate surface area is 180 Å². The van der Waals surface area contributed by atoms with Gasteiger partial charge in [-0.25, -0.2) is 4.98 Å². The van der Waals surface area contributed by atoms with Gasteiger partial charge in [-0.2, -0.15) is 4.98 Å². The number of nitrogens with zero attached hydrogens (tertiary/aromatic N) is 4. The Bertz CT molecular complexity index is 1310. The maximum Gasteiger partial charge on any atom is 0.220 e. The average Bonchev–Trinajstić information content (AvgIpc) is 3.26. The van der Waals surface area contributed by atoms with Crippen LogP contribution in [0, 0.1) is 5.92 Å². The van der Waals surface area contributed by atoms with E-state index >= 15 is 0 Å². The molecule has 3 aromatic heterocycles. The molecule has 0 radical (unpaired) electrons. The molecule has 0 saturated carbocycles. The standard InChI is InChI=1S/C25H24N4O2/c1-14-19-9-8-18-22(25(19,2)12-15-13-27-31-21(14)15)28-23(29-24(18)30-3)17-10-11-26-20-7-5-4-6-16(17)20/h4-7,10-11,13-14,19H,8-9,12H2,1-3H3/t14-,19-,25-/m1/s1. The van der Waals surface area contributed by atoms with Gasteiger partial charge in [0.15, 0.2) is 5.82 Å². The second kappa shape index (κ2) is 6.61. The predicted molar refractivity (Wildman–Crippen MR) is 117 cm³/mol. The highest BCUT2D eigenvalue weighted by molar-refractivity contribution is 5.92. The maximum atomic E-state index is 5.80. The molecule has 31 heavy (non-hydrogen) atoms. The van der Waals surface area contributed by atoms with Gasteiger partial charge in [0.25, 0.3) is 0 Å². The molecule has 4 aromatic rings. The van der Waals surface area contributed by atoms with E-state index in [1.807, 2.05) is 36.7 Å². The second-order valence-electron chi connectivity index (χ2n) is 9.00. The van der Waals surface area contributed by atoms with Gasteiger partial charge in [0.2, 0.25) is 5.88 Å². The predicted octanol–water partition coefficient (Wildman–Crippen LogP) is 4.87. The van der Waals surface area contributed by atoms with Crippen LogP contribution in [0.5, 0.6) is 5.88 Å². The zero-order chi connectivity index (χ0) is 21.2. The molecule has 3 atom stereocenters. The van der Waals surface area contributed by atoms with E-state index in [0.29, 0.717) is 23.5 Å². The largest absolute Gasteiger partial charge is 0.481 e. The van der Waals surface area contributed by atoms with Gasteiger partial charge >= 0.3 is 0 Å². The molecule has 2 aliphatic rings. The monoisotopic (exact) mass is 412 g/mol. The fraction of sp³-hybridized carbons (Fsp3) is 0.360. The number of ether oxygens (including phenoxy) is 1. The van der Waals surface area contributed by atoms with Gasteiger partial charge < -0.3 is 9.26 Å². The van der Waals surface area contributed by atoms with Crippen LogP contribution in [0.15, 0.2) is 47.2 Å². The van der Waals surface area contributed by atoms with Crippen LogP contribution in [0.1, 0.15) is 48.8 Å². The summed E-state index contributed by atoms with van der Waals surface area (Å²) in [4.78, 5) is 14.6. The Balaban J connectivity index is 1.59. The van der Waals surface area contributed by atoms with Crippen molar-refractivity contribution in [3.63, 3.8) is 0 Å². The van der Waals surface area contributed by atoms with Crippen molar-refractivity contribution in [2.24, 2.45) is 5.92 Å². The van der Waals surface area contributed by atoms with Gasteiger partial charge in [0.05, 0.1) is 24.5 Å². The van der Waals surface area contributed by atoms with Crippen molar-refractivity contribution in [2.45, 2.75) is 44.4 Å². The average molecular weight is 412 g/mol. The van der Waals surface area contributed by atoms with E-state index < -0.39 is 0 Å². The molecule has 0 N–H and O–H groups in total. The van der Waals surface area contributed by atoms with Crippen LogP contribution < -0.4 is 4.74 Å². The van der Waals surface area contributed by atoms with Crippen molar-refractivity contribution in [1.82, 2.24) is 20.1 Å². The lowest BCUT2D eigenvalue weighted by Crippen LogP contribution is -2.45. The molecule has 0 bridgehead atoms. The third kappa shape index (κ3) is 2.57. The summed E-state index contributed by atoms with van der Waals surface area (Å²) in [7, 11) is 1.70. The summed E-state index contributed by atoms with van der Waals surface area (Å²) in [6, 6.07) is 10.1. The minimum Gasteiger partial charge on any atom is -0.481 e. The van der Waals surface area contributed by atoms with E-state index in [-0.39, 0.29) is 5.41 Å². The minimum absolute atomic E-state index is 0.126. The molecule has 3 heterocycles. The van der Waals surface area contributed by atoms with Crippen LogP contribution in [0.2, 0.25) is 0 Å². The first-order valence-electron chi connectivity index (χ1n) is 10.8. The molecule has 2 aliphatic carbocycles. The van der Waals surface area contributed by atoms with Gasteiger partial charge in [-0.1, -0.05) is 37.2 Å². The number of pyridine rings is 1. The summed E-state index contributed by atoms with van der Waals surface area (Å²) in [6.45, 7) is 4.59. The lowest BCUT2D eigenvalue weighted by molar-refractivity contribution is 0.169. The number of benzene rings is 1. The highest BCUT2D eigenvalue weighted by atomic mass is 16.5. The first kappa shape index (κ1) is 18.5. The molecule has 6 heteroatoms. The summed E-state index contributed by atoms with van der Waals surface area (Å²) in [5.74, 6) is 3.15. The zero-order valence-corrected chi connectivity index (χ0v) is 17.9. The summed E-state index contributed by atoms with van der Waals surface area (Å²) < 4.78 is 11.4. The van der Waals surface area contributed by atoms with E-state index in [2.05, 4.69) is 30.1 Å². The van der Waals surface area contributed by atoms with Crippen molar-refractivity contribution in [1.29, 1.82) is 0 Å². The molecular formula is C25H24N4O2. The smallest absolute Gasteiger partial charge is 0.220 e. The number of hydrogen-bond donors (Lipinski definition) is 0. The van der Waals surface area contributed by atoms with Crippen LogP contribution in [0.25, 0.3) is 22.3 Å². The summed E-state index contributed by atoms with van der Waals surface area (Å²) in [5, 5.41) is 5.14. The van der Waals surface area contributed by atoms with Crippen molar-refractivity contribution < 1.29 is 9.26 Å². The first-order chi connectivity index (χ1) is 15.1. The third-order valence-electron chi connectivity index (χ3n) is 7.37. The minimum atomic E-state index is -0.126. The zero-order valence-electron chi connectivity index (χ0n) is 17.9. The topological polar surface area (TPSA) is 73.9 Å². The van der Waals surface area contributed by atoms with Crippen molar-refractivity contribution in [3.05, 3.63) is 65.3 Å². The van der Waals surface area contributed by atoms with Crippen LogP contribution in [0.3, 0.4) is 0 Å². The number of hydrogen-bond acceptors (Lipinski definition) is 6. The number of fused-ring (bicyclic) bond motifs is 5. The van der Waals surface area contributed by atoms with Gasteiger partial charge in [-0.3, -0.25) is 4.98 Å². The van der Waals surface area contributed by atoms with Crippen LogP contribution in [-0.4, -0.2) is 27.2 Å². The SMILES string of the molecule is COc1nc(-c2ccnc3ccccc23)nc2c1CC[C@@H]1[C@@H](C)c3oncc3C[C@@]21C. The van der Waals surface area contributed by atoms with Gasteiger partial charge in [0, 0.05) is 39.6 Å². The Kier molecular flexibility index (Phi) is 3.94. The quantitative estimate of drug-likeness (QED) is 0.468. The lowest BCUT2D eigenvalue weighted by Gasteiger charge is -2.47. The van der Waals surface area contributed by atoms with E-state index in [4.69, 9.17) is 19.2 Å². The number of methoxy groups -OCH3 is 1. The summed E-state index contributed by atoms with van der Waals surface area (Å²) >= 11 is 0. The molecule has 1 aromatic carbocycles. The van der Waals surface area contributed by atoms with Crippen LogP contribution in [-0.2, 0) is 18.3 Å². The lowest BCUT2D eigenvalue weighted by atomic mass is 9.56.